The number of para-hydroxylation sites is 2. The molecule has 0 spiro atoms. The minimum atomic E-state index is -3.12. The van der Waals surface area contributed by atoms with E-state index in [2.05, 4.69) is 61.4 Å². The van der Waals surface area contributed by atoms with Crippen LogP contribution in [0.15, 0.2) is 58.7 Å². The first-order chi connectivity index (χ1) is 16.0. The quantitative estimate of drug-likeness (QED) is 0.442. The van der Waals surface area contributed by atoms with Gasteiger partial charge in [0.2, 0.25) is 10.0 Å². The van der Waals surface area contributed by atoms with Gasteiger partial charge in [0.15, 0.2) is 5.17 Å². The molecule has 1 N–H and O–H groups in total. The van der Waals surface area contributed by atoms with Gasteiger partial charge in [0, 0.05) is 62.3 Å². The zero-order chi connectivity index (χ0) is 22.8. The van der Waals surface area contributed by atoms with Gasteiger partial charge in [-0.05, 0) is 12.1 Å². The van der Waals surface area contributed by atoms with Crippen molar-refractivity contribution in [3.05, 3.63) is 53.9 Å². The maximum atomic E-state index is 11.8. The minimum absolute atomic E-state index is 0.551. The van der Waals surface area contributed by atoms with Gasteiger partial charge in [-0.3, -0.25) is 4.90 Å². The summed E-state index contributed by atoms with van der Waals surface area (Å²) in [5, 5.41) is 16.4. The first-order valence-corrected chi connectivity index (χ1v) is 14.0. The molecule has 5 rings (SSSR count). The largest absolute Gasteiger partial charge is 0.362 e. The molecule has 0 amide bonds. The molecule has 0 aliphatic carbocycles. The van der Waals surface area contributed by atoms with Crippen LogP contribution in [0.2, 0.25) is 0 Å². The summed E-state index contributed by atoms with van der Waals surface area (Å²) in [4.78, 5) is 2.34. The molecule has 33 heavy (non-hydrogen) atoms. The maximum absolute atomic E-state index is 11.8. The van der Waals surface area contributed by atoms with Crippen LogP contribution < -0.4 is 10.7 Å². The number of fused-ring (bicyclic) bond motifs is 2. The average Bonchev–Trinajstić information content (AvgIpc) is 3.34. The van der Waals surface area contributed by atoms with Gasteiger partial charge in [-0.2, -0.15) is 4.31 Å². The highest BCUT2D eigenvalue weighted by molar-refractivity contribution is 8.14. The van der Waals surface area contributed by atoms with E-state index in [4.69, 9.17) is 0 Å². The van der Waals surface area contributed by atoms with Gasteiger partial charge in [-0.1, -0.05) is 48.2 Å². The van der Waals surface area contributed by atoms with Gasteiger partial charge in [0.05, 0.1) is 17.3 Å². The third-order valence-corrected chi connectivity index (χ3v) is 8.41. The highest BCUT2D eigenvalue weighted by Gasteiger charge is 2.23. The van der Waals surface area contributed by atoms with Crippen molar-refractivity contribution in [2.24, 2.45) is 10.2 Å². The van der Waals surface area contributed by atoms with Crippen LogP contribution in [0.5, 0.6) is 0 Å². The van der Waals surface area contributed by atoms with Gasteiger partial charge in [-0.25, -0.2) is 8.42 Å². The van der Waals surface area contributed by atoms with Crippen molar-refractivity contribution >= 4 is 48.8 Å². The molecule has 0 unspecified atom stereocenters. The molecule has 174 valence electrons. The Balaban J connectivity index is 1.50. The van der Waals surface area contributed by atoms with Crippen LogP contribution in [-0.2, 0) is 16.6 Å². The topological polar surface area (TPSA) is 82.3 Å². The predicted molar refractivity (Wildman–Crippen MR) is 136 cm³/mol. The van der Waals surface area contributed by atoms with Gasteiger partial charge in [-0.15, -0.1) is 10.2 Å². The van der Waals surface area contributed by atoms with Gasteiger partial charge < -0.3 is 9.88 Å². The molecule has 8 nitrogen and oxygen atoms in total. The van der Waals surface area contributed by atoms with E-state index in [1.54, 1.807) is 16.1 Å². The molecular formula is C23H28N6O2S2. The number of benzene rings is 2. The smallest absolute Gasteiger partial charge is 0.211 e. The molecule has 2 aliphatic heterocycles. The maximum Gasteiger partial charge on any atom is 0.211 e. The van der Waals surface area contributed by atoms with Gasteiger partial charge in [0.1, 0.15) is 5.36 Å². The fourth-order valence-corrected chi connectivity index (χ4v) is 6.01. The number of piperazine rings is 1. The molecule has 2 saturated heterocycles. The highest BCUT2D eigenvalue weighted by atomic mass is 32.2. The normalized spacial score (nSPS) is 19.4. The molecule has 2 fully saturated rings. The molecule has 0 atom stereocenters. The van der Waals surface area contributed by atoms with Crippen LogP contribution in [0, 0.1) is 0 Å². The van der Waals surface area contributed by atoms with E-state index in [0.717, 1.165) is 70.8 Å². The fraction of sp³-hybridized carbons (Fsp3) is 0.391. The summed E-state index contributed by atoms with van der Waals surface area (Å²) in [5.41, 5.74) is 2.24. The summed E-state index contributed by atoms with van der Waals surface area (Å²) in [5.74, 6) is 1.02. The number of rotatable bonds is 5. The Kier molecular flexibility index (Phi) is 6.42. The molecule has 3 heterocycles. The van der Waals surface area contributed by atoms with E-state index in [1.165, 1.54) is 6.26 Å². The lowest BCUT2D eigenvalue weighted by atomic mass is 10.1. The van der Waals surface area contributed by atoms with Crippen molar-refractivity contribution in [1.29, 1.82) is 0 Å². The van der Waals surface area contributed by atoms with Crippen molar-refractivity contribution < 1.29 is 8.42 Å². The number of hydrogen-bond acceptors (Lipinski definition) is 6. The number of thioether (sulfide) groups is 1. The van der Waals surface area contributed by atoms with Crippen LogP contribution in [0.4, 0.5) is 0 Å². The van der Waals surface area contributed by atoms with Crippen molar-refractivity contribution in [1.82, 2.24) is 19.1 Å². The summed E-state index contributed by atoms with van der Waals surface area (Å²) < 4.78 is 27.5. The Morgan fingerprint density at radius 1 is 0.909 bits per heavy atom. The summed E-state index contributed by atoms with van der Waals surface area (Å²) >= 11 is 1.69. The van der Waals surface area contributed by atoms with Crippen molar-refractivity contribution in [2.75, 3.05) is 51.3 Å². The first-order valence-electron chi connectivity index (χ1n) is 11.2. The third-order valence-electron chi connectivity index (χ3n) is 6.20. The Labute approximate surface area is 198 Å². The summed E-state index contributed by atoms with van der Waals surface area (Å²) in [7, 11) is -3.12. The zero-order valence-electron chi connectivity index (χ0n) is 18.6. The lowest BCUT2D eigenvalue weighted by Crippen LogP contribution is -2.48. The molecular weight excluding hydrogens is 456 g/mol. The van der Waals surface area contributed by atoms with E-state index in [-0.39, 0.29) is 0 Å². The Morgan fingerprint density at radius 3 is 2.12 bits per heavy atom. The van der Waals surface area contributed by atoms with Gasteiger partial charge in [0.25, 0.3) is 0 Å². The van der Waals surface area contributed by atoms with E-state index < -0.39 is 10.0 Å². The van der Waals surface area contributed by atoms with Crippen molar-refractivity contribution in [3.8, 4) is 0 Å². The Hall–Kier alpha value is -2.40. The van der Waals surface area contributed by atoms with Crippen LogP contribution >= 0.6 is 11.8 Å². The van der Waals surface area contributed by atoms with E-state index in [0.29, 0.717) is 13.1 Å². The SMILES string of the molecule is CS(=O)(=O)N1CCN(CCn2c3ccccc3c(=NN=C3NCCS3)c3ccccc32)CC1. The number of nitrogens with one attached hydrogen (secondary N) is 1. The van der Waals surface area contributed by atoms with Crippen molar-refractivity contribution in [2.45, 2.75) is 6.54 Å². The standard InChI is InChI=1S/C23H28N6O2S2/c1-33(30,31)28-14-11-27(12-15-28)13-16-29-20-8-4-2-6-18(20)22(19-7-3-5-9-21(19)29)25-26-23-24-10-17-32-23/h2-9H,10-17H2,1H3,(H,24,26). The van der Waals surface area contributed by atoms with Crippen molar-refractivity contribution in [3.63, 3.8) is 0 Å². The molecule has 10 heteroatoms. The second-order valence-electron chi connectivity index (χ2n) is 8.32. The highest BCUT2D eigenvalue weighted by Crippen LogP contribution is 2.20. The lowest BCUT2D eigenvalue weighted by Gasteiger charge is -2.33. The monoisotopic (exact) mass is 484 g/mol. The van der Waals surface area contributed by atoms with E-state index >= 15 is 0 Å². The number of amidine groups is 1. The van der Waals surface area contributed by atoms with Gasteiger partial charge >= 0.3 is 0 Å². The Morgan fingerprint density at radius 2 is 1.55 bits per heavy atom. The van der Waals surface area contributed by atoms with Crippen LogP contribution in [0.25, 0.3) is 21.8 Å². The summed E-state index contributed by atoms with van der Waals surface area (Å²) in [6.07, 6.45) is 1.29. The number of sulfonamides is 1. The lowest BCUT2D eigenvalue weighted by molar-refractivity contribution is 0.184. The van der Waals surface area contributed by atoms with E-state index in [9.17, 15) is 8.42 Å². The molecule has 1 aromatic heterocycles. The number of pyridine rings is 1. The van der Waals surface area contributed by atoms with Crippen LogP contribution in [0.1, 0.15) is 0 Å². The van der Waals surface area contributed by atoms with Crippen LogP contribution in [0.3, 0.4) is 0 Å². The minimum Gasteiger partial charge on any atom is -0.362 e. The molecule has 2 aromatic carbocycles. The molecule has 0 bridgehead atoms. The van der Waals surface area contributed by atoms with Crippen LogP contribution in [-0.4, -0.2) is 78.6 Å². The second kappa shape index (κ2) is 9.46. The zero-order valence-corrected chi connectivity index (χ0v) is 20.3. The molecule has 0 saturated carbocycles. The fourth-order valence-electron chi connectivity index (χ4n) is 4.48. The third kappa shape index (κ3) is 4.79. The molecule has 0 radical (unpaired) electrons. The number of hydrogen-bond donors (Lipinski definition) is 1. The first kappa shape index (κ1) is 22.4. The number of aromatic nitrogens is 1. The Bertz CT molecular complexity index is 1310. The number of nitrogens with zero attached hydrogens (tertiary/aromatic N) is 5. The van der Waals surface area contributed by atoms with E-state index in [1.807, 2.05) is 12.1 Å². The summed E-state index contributed by atoms with van der Waals surface area (Å²) in [6.45, 7) is 5.19. The average molecular weight is 485 g/mol. The molecule has 3 aromatic rings. The summed E-state index contributed by atoms with van der Waals surface area (Å²) in [6, 6.07) is 16.7. The molecule has 2 aliphatic rings. The second-order valence-corrected chi connectivity index (χ2v) is 11.4. The predicted octanol–water partition coefficient (Wildman–Crippen LogP) is 1.88.